The molecule has 3 aromatic carbocycles. The maximum absolute atomic E-state index is 12.4. The van der Waals surface area contributed by atoms with Crippen molar-refractivity contribution in [3.05, 3.63) is 87.9 Å². The predicted octanol–water partition coefficient (Wildman–Crippen LogP) is 4.81. The zero-order chi connectivity index (χ0) is 21.3. The average molecular weight is 469 g/mol. The van der Waals surface area contributed by atoms with Crippen LogP contribution < -0.4 is 19.6 Å². The van der Waals surface area contributed by atoms with Crippen molar-refractivity contribution in [2.45, 2.75) is 6.61 Å². The standard InChI is InChI=1S/C23H21BrN2O4/c1-28-20-11-9-18(24)13-19(20)23(27)26-25-14-17-8-10-21(22(12-17)29-2)30-15-16-6-4-3-5-7-16/h3-14H,15H2,1-2H3,(H,26,27)/b25-14-. The first kappa shape index (κ1) is 21.4. The monoisotopic (exact) mass is 468 g/mol. The molecule has 0 saturated carbocycles. The molecule has 0 aromatic heterocycles. The third kappa shape index (κ3) is 5.61. The number of benzene rings is 3. The van der Waals surface area contributed by atoms with Gasteiger partial charge < -0.3 is 14.2 Å². The van der Waals surface area contributed by atoms with Gasteiger partial charge in [-0.15, -0.1) is 0 Å². The van der Waals surface area contributed by atoms with Crippen molar-refractivity contribution < 1.29 is 19.0 Å². The van der Waals surface area contributed by atoms with E-state index < -0.39 is 0 Å². The lowest BCUT2D eigenvalue weighted by molar-refractivity contribution is 0.0952. The molecule has 0 atom stereocenters. The van der Waals surface area contributed by atoms with Crippen LogP contribution in [0.5, 0.6) is 17.2 Å². The molecule has 3 aromatic rings. The van der Waals surface area contributed by atoms with Crippen molar-refractivity contribution in [1.29, 1.82) is 0 Å². The van der Waals surface area contributed by atoms with E-state index in [1.54, 1.807) is 31.4 Å². The van der Waals surface area contributed by atoms with Crippen LogP contribution in [0.1, 0.15) is 21.5 Å². The Bertz CT molecular complexity index is 1040. The van der Waals surface area contributed by atoms with Crippen molar-refractivity contribution in [1.82, 2.24) is 5.43 Å². The van der Waals surface area contributed by atoms with E-state index in [1.165, 1.54) is 13.3 Å². The van der Waals surface area contributed by atoms with Crippen molar-refractivity contribution in [2.24, 2.45) is 5.10 Å². The quantitative estimate of drug-likeness (QED) is 0.380. The highest BCUT2D eigenvalue weighted by Gasteiger charge is 2.12. The van der Waals surface area contributed by atoms with Gasteiger partial charge in [-0.2, -0.15) is 5.10 Å². The van der Waals surface area contributed by atoms with Gasteiger partial charge in [0.25, 0.3) is 5.91 Å². The van der Waals surface area contributed by atoms with Gasteiger partial charge in [0.05, 0.1) is 26.0 Å². The Morgan fingerprint density at radius 3 is 2.43 bits per heavy atom. The van der Waals surface area contributed by atoms with Crippen LogP contribution in [0.2, 0.25) is 0 Å². The van der Waals surface area contributed by atoms with Crippen LogP contribution in [0, 0.1) is 0 Å². The Balaban J connectivity index is 1.65. The molecule has 0 fully saturated rings. The van der Waals surface area contributed by atoms with E-state index in [9.17, 15) is 4.79 Å². The first-order valence-corrected chi connectivity index (χ1v) is 9.91. The molecular formula is C23H21BrN2O4. The molecule has 0 unspecified atom stereocenters. The van der Waals surface area contributed by atoms with Crippen LogP contribution in [0.15, 0.2) is 76.3 Å². The van der Waals surface area contributed by atoms with Crippen LogP contribution >= 0.6 is 15.9 Å². The number of nitrogens with zero attached hydrogens (tertiary/aromatic N) is 1. The minimum Gasteiger partial charge on any atom is -0.496 e. The fourth-order valence-electron chi connectivity index (χ4n) is 2.70. The van der Waals surface area contributed by atoms with E-state index in [0.29, 0.717) is 29.4 Å². The summed E-state index contributed by atoms with van der Waals surface area (Å²) in [7, 11) is 3.09. The molecule has 154 valence electrons. The maximum Gasteiger partial charge on any atom is 0.275 e. The van der Waals surface area contributed by atoms with Crippen LogP contribution in [0.3, 0.4) is 0 Å². The summed E-state index contributed by atoms with van der Waals surface area (Å²) in [5.41, 5.74) is 4.70. The van der Waals surface area contributed by atoms with Crippen molar-refractivity contribution in [3.63, 3.8) is 0 Å². The van der Waals surface area contributed by atoms with Gasteiger partial charge in [0.1, 0.15) is 12.4 Å². The molecule has 0 aliphatic rings. The summed E-state index contributed by atoms with van der Waals surface area (Å²) in [6.07, 6.45) is 1.53. The zero-order valence-electron chi connectivity index (χ0n) is 16.6. The minimum atomic E-state index is -0.376. The molecule has 30 heavy (non-hydrogen) atoms. The number of carbonyl (C=O) groups excluding carboxylic acids is 1. The maximum atomic E-state index is 12.4. The number of halogens is 1. The lowest BCUT2D eigenvalue weighted by Crippen LogP contribution is -2.18. The van der Waals surface area contributed by atoms with Gasteiger partial charge >= 0.3 is 0 Å². The molecule has 0 radical (unpaired) electrons. The molecule has 0 bridgehead atoms. The Labute approximate surface area is 183 Å². The highest BCUT2D eigenvalue weighted by Crippen LogP contribution is 2.28. The fraction of sp³-hybridized carbons (Fsp3) is 0.130. The Morgan fingerprint density at radius 2 is 1.70 bits per heavy atom. The number of rotatable bonds is 8. The molecule has 0 aliphatic heterocycles. The number of methoxy groups -OCH3 is 2. The number of amides is 1. The summed E-state index contributed by atoms with van der Waals surface area (Å²) in [5, 5.41) is 4.03. The minimum absolute atomic E-state index is 0.376. The zero-order valence-corrected chi connectivity index (χ0v) is 18.2. The summed E-state index contributed by atoms with van der Waals surface area (Å²) in [4.78, 5) is 12.4. The molecule has 0 saturated heterocycles. The second kappa shape index (κ2) is 10.5. The number of hydrazone groups is 1. The number of nitrogens with one attached hydrogen (secondary N) is 1. The van der Waals surface area contributed by atoms with Gasteiger partial charge in [-0.1, -0.05) is 46.3 Å². The van der Waals surface area contributed by atoms with E-state index in [4.69, 9.17) is 14.2 Å². The smallest absolute Gasteiger partial charge is 0.275 e. The summed E-state index contributed by atoms with van der Waals surface area (Å²) in [5.74, 6) is 1.29. The molecule has 1 amide bonds. The van der Waals surface area contributed by atoms with Crippen molar-refractivity contribution >= 4 is 28.1 Å². The SMILES string of the molecule is COc1cc(/C=N\NC(=O)c2cc(Br)ccc2OC)ccc1OCc1ccccc1. The van der Waals surface area contributed by atoms with Gasteiger partial charge in [0.15, 0.2) is 11.5 Å². The molecule has 3 rings (SSSR count). The van der Waals surface area contributed by atoms with Gasteiger partial charge in [0.2, 0.25) is 0 Å². The highest BCUT2D eigenvalue weighted by molar-refractivity contribution is 9.10. The molecule has 0 spiro atoms. The summed E-state index contributed by atoms with van der Waals surface area (Å²) < 4.78 is 17.3. The van der Waals surface area contributed by atoms with E-state index in [-0.39, 0.29) is 5.91 Å². The predicted molar refractivity (Wildman–Crippen MR) is 120 cm³/mol. The van der Waals surface area contributed by atoms with E-state index in [1.807, 2.05) is 42.5 Å². The number of hydrogen-bond donors (Lipinski definition) is 1. The second-order valence-electron chi connectivity index (χ2n) is 6.23. The molecule has 7 heteroatoms. The fourth-order valence-corrected chi connectivity index (χ4v) is 3.06. The average Bonchev–Trinajstić information content (AvgIpc) is 2.78. The molecule has 0 heterocycles. The molecule has 0 aliphatic carbocycles. The van der Waals surface area contributed by atoms with Gasteiger partial charge in [-0.3, -0.25) is 4.79 Å². The van der Waals surface area contributed by atoms with Gasteiger partial charge in [0, 0.05) is 4.47 Å². The van der Waals surface area contributed by atoms with Crippen LogP contribution in [-0.4, -0.2) is 26.3 Å². The third-order valence-electron chi connectivity index (χ3n) is 4.21. The largest absolute Gasteiger partial charge is 0.496 e. The summed E-state index contributed by atoms with van der Waals surface area (Å²) in [6, 6.07) is 20.5. The number of ether oxygens (including phenoxy) is 3. The lowest BCUT2D eigenvalue weighted by atomic mass is 10.2. The lowest BCUT2D eigenvalue weighted by Gasteiger charge is -2.11. The Kier molecular flexibility index (Phi) is 7.45. The summed E-state index contributed by atoms with van der Waals surface area (Å²) in [6.45, 7) is 0.440. The van der Waals surface area contributed by atoms with Gasteiger partial charge in [-0.25, -0.2) is 5.43 Å². The summed E-state index contributed by atoms with van der Waals surface area (Å²) >= 11 is 3.35. The normalized spacial score (nSPS) is 10.6. The van der Waals surface area contributed by atoms with E-state index in [2.05, 4.69) is 26.5 Å². The van der Waals surface area contributed by atoms with Crippen LogP contribution in [0.4, 0.5) is 0 Å². The Hall–Kier alpha value is -3.32. The first-order valence-electron chi connectivity index (χ1n) is 9.12. The van der Waals surface area contributed by atoms with Crippen molar-refractivity contribution in [2.75, 3.05) is 14.2 Å². The number of carbonyl (C=O) groups is 1. The first-order chi connectivity index (χ1) is 14.6. The van der Waals surface area contributed by atoms with Gasteiger partial charge in [-0.05, 0) is 47.5 Å². The topological polar surface area (TPSA) is 69.2 Å². The third-order valence-corrected chi connectivity index (χ3v) is 4.70. The molecular weight excluding hydrogens is 448 g/mol. The molecule has 1 N–H and O–H groups in total. The second-order valence-corrected chi connectivity index (χ2v) is 7.14. The van der Waals surface area contributed by atoms with Crippen molar-refractivity contribution in [3.8, 4) is 17.2 Å². The molecule has 6 nitrogen and oxygen atoms in total. The van der Waals surface area contributed by atoms with E-state index in [0.717, 1.165) is 15.6 Å². The van der Waals surface area contributed by atoms with Crippen LogP contribution in [-0.2, 0) is 6.61 Å². The Morgan fingerprint density at radius 1 is 0.967 bits per heavy atom. The van der Waals surface area contributed by atoms with Crippen LogP contribution in [0.25, 0.3) is 0 Å². The highest BCUT2D eigenvalue weighted by atomic mass is 79.9. The number of hydrogen-bond acceptors (Lipinski definition) is 5. The van der Waals surface area contributed by atoms with E-state index >= 15 is 0 Å².